The molecule has 3 heterocycles. The Morgan fingerprint density at radius 2 is 2.19 bits per heavy atom. The first kappa shape index (κ1) is 19.0. The first-order valence-corrected chi connectivity index (χ1v) is 9.19. The molecule has 0 saturated carbocycles. The molecule has 8 heteroatoms. The fourth-order valence-electron chi connectivity index (χ4n) is 2.77. The van der Waals surface area contributed by atoms with E-state index in [2.05, 4.69) is 27.2 Å². The van der Waals surface area contributed by atoms with Gasteiger partial charge in [-0.3, -0.25) is 0 Å². The number of aryl methyl sites for hydroxylation is 1. The summed E-state index contributed by atoms with van der Waals surface area (Å²) < 4.78 is 3.77. The molecule has 0 atom stereocenters. The Balaban J connectivity index is 1.73. The van der Waals surface area contributed by atoms with Gasteiger partial charge in [-0.15, -0.1) is 0 Å². The van der Waals surface area contributed by atoms with Crippen molar-refractivity contribution in [3.8, 4) is 5.82 Å². The molecule has 27 heavy (non-hydrogen) atoms. The van der Waals surface area contributed by atoms with E-state index in [0.717, 1.165) is 34.6 Å². The van der Waals surface area contributed by atoms with Crippen molar-refractivity contribution in [2.75, 3.05) is 13.6 Å². The maximum Gasteiger partial charge on any atom is 0.194 e. The zero-order valence-electron chi connectivity index (χ0n) is 15.8. The number of hydrogen-bond donors (Lipinski definition) is 1. The average Bonchev–Trinajstić information content (AvgIpc) is 3.29. The highest BCUT2D eigenvalue weighted by Gasteiger charge is 2.10. The third-order valence-corrected chi connectivity index (χ3v) is 4.34. The van der Waals surface area contributed by atoms with Gasteiger partial charge in [0, 0.05) is 51.1 Å². The van der Waals surface area contributed by atoms with Gasteiger partial charge in [-0.25, -0.2) is 14.7 Å². The Labute approximate surface area is 164 Å². The highest BCUT2D eigenvalue weighted by Crippen LogP contribution is 2.14. The van der Waals surface area contributed by atoms with Crippen molar-refractivity contribution in [1.29, 1.82) is 0 Å². The van der Waals surface area contributed by atoms with Crippen LogP contribution >= 0.6 is 11.6 Å². The lowest BCUT2D eigenvalue weighted by Gasteiger charge is -2.22. The van der Waals surface area contributed by atoms with Crippen LogP contribution in [0, 0.1) is 0 Å². The smallest absolute Gasteiger partial charge is 0.194 e. The fourth-order valence-corrected chi connectivity index (χ4v) is 3.04. The number of rotatable bonds is 6. The monoisotopic (exact) mass is 385 g/mol. The normalized spacial score (nSPS) is 11.6. The van der Waals surface area contributed by atoms with Crippen LogP contribution < -0.4 is 5.32 Å². The molecule has 0 aliphatic carbocycles. The van der Waals surface area contributed by atoms with Crippen molar-refractivity contribution in [2.24, 2.45) is 12.0 Å². The first-order chi connectivity index (χ1) is 13.1. The van der Waals surface area contributed by atoms with E-state index in [1.54, 1.807) is 17.1 Å². The van der Waals surface area contributed by atoms with Crippen molar-refractivity contribution in [1.82, 2.24) is 29.5 Å². The number of hydrogen-bond acceptors (Lipinski definition) is 3. The van der Waals surface area contributed by atoms with Gasteiger partial charge in [0.2, 0.25) is 0 Å². The van der Waals surface area contributed by atoms with Gasteiger partial charge in [0.1, 0.15) is 0 Å². The molecule has 0 aliphatic rings. The Hall–Kier alpha value is -2.80. The van der Waals surface area contributed by atoms with E-state index in [9.17, 15) is 0 Å². The van der Waals surface area contributed by atoms with Gasteiger partial charge >= 0.3 is 0 Å². The molecule has 1 N–H and O–H groups in total. The van der Waals surface area contributed by atoms with Crippen LogP contribution in [-0.2, 0) is 20.1 Å². The lowest BCUT2D eigenvalue weighted by molar-refractivity contribution is 0.462. The molecule has 0 aliphatic heterocycles. The number of aliphatic imine (C=N–C) groups is 1. The van der Waals surface area contributed by atoms with E-state index in [0.29, 0.717) is 13.1 Å². The lowest BCUT2D eigenvalue weighted by Crippen LogP contribution is -2.38. The Bertz CT molecular complexity index is 899. The van der Waals surface area contributed by atoms with E-state index < -0.39 is 0 Å². The van der Waals surface area contributed by atoms with E-state index in [-0.39, 0.29) is 0 Å². The van der Waals surface area contributed by atoms with Crippen LogP contribution in [0.25, 0.3) is 5.82 Å². The second kappa shape index (κ2) is 8.73. The van der Waals surface area contributed by atoms with Gasteiger partial charge in [0.25, 0.3) is 0 Å². The molecular weight excluding hydrogens is 362 g/mol. The lowest BCUT2D eigenvalue weighted by atomic mass is 10.2. The SMILES string of the molecule is CCNC(=NCc1ccnc(-n2cccn2)c1)N(C)Cc1cc(Cl)cn1C. The summed E-state index contributed by atoms with van der Waals surface area (Å²) in [5, 5.41) is 8.31. The summed E-state index contributed by atoms with van der Waals surface area (Å²) in [6.45, 7) is 4.12. The third kappa shape index (κ3) is 4.89. The molecule has 3 rings (SSSR count). The number of halogens is 1. The maximum atomic E-state index is 6.09. The van der Waals surface area contributed by atoms with Crippen LogP contribution in [0.2, 0.25) is 5.02 Å². The number of aromatic nitrogens is 4. The Morgan fingerprint density at radius 1 is 1.33 bits per heavy atom. The predicted octanol–water partition coefficient (Wildman–Crippen LogP) is 2.86. The van der Waals surface area contributed by atoms with Crippen molar-refractivity contribution in [2.45, 2.75) is 20.0 Å². The number of nitrogens with zero attached hydrogens (tertiary/aromatic N) is 6. The molecule has 0 radical (unpaired) electrons. The second-order valence-electron chi connectivity index (χ2n) is 6.26. The molecule has 0 aromatic carbocycles. The standard InChI is InChI=1S/C19H24ClN7/c1-4-21-19(26(3)14-17-11-16(20)13-25(17)2)23-12-15-6-8-22-18(10-15)27-9-5-7-24-27/h5-11,13H,4,12,14H2,1-3H3,(H,21,23). The molecule has 0 amide bonds. The van der Waals surface area contributed by atoms with Gasteiger partial charge in [0.05, 0.1) is 18.1 Å². The van der Waals surface area contributed by atoms with Gasteiger partial charge in [0.15, 0.2) is 11.8 Å². The summed E-state index contributed by atoms with van der Waals surface area (Å²) in [6.07, 6.45) is 7.30. The summed E-state index contributed by atoms with van der Waals surface area (Å²) in [5.74, 6) is 1.62. The minimum absolute atomic E-state index is 0.553. The summed E-state index contributed by atoms with van der Waals surface area (Å²) in [4.78, 5) is 11.2. The van der Waals surface area contributed by atoms with Crippen LogP contribution in [0.15, 0.2) is 54.0 Å². The third-order valence-electron chi connectivity index (χ3n) is 4.13. The molecule has 3 aromatic rings. The minimum Gasteiger partial charge on any atom is -0.357 e. The highest BCUT2D eigenvalue weighted by atomic mass is 35.5. The molecule has 0 spiro atoms. The second-order valence-corrected chi connectivity index (χ2v) is 6.70. The number of pyridine rings is 1. The van der Waals surface area contributed by atoms with Gasteiger partial charge < -0.3 is 14.8 Å². The summed E-state index contributed by atoms with van der Waals surface area (Å²) in [5.41, 5.74) is 2.19. The van der Waals surface area contributed by atoms with Crippen molar-refractivity contribution in [3.63, 3.8) is 0 Å². The van der Waals surface area contributed by atoms with Gasteiger partial charge in [-0.05, 0) is 36.8 Å². The average molecular weight is 386 g/mol. The Kier molecular flexibility index (Phi) is 6.13. The van der Waals surface area contributed by atoms with Crippen molar-refractivity contribution >= 4 is 17.6 Å². The van der Waals surface area contributed by atoms with Gasteiger partial charge in [-0.1, -0.05) is 11.6 Å². The topological polar surface area (TPSA) is 63.3 Å². The summed E-state index contributed by atoms with van der Waals surface area (Å²) >= 11 is 6.09. The molecule has 0 fully saturated rings. The van der Waals surface area contributed by atoms with Crippen LogP contribution in [0.1, 0.15) is 18.2 Å². The van der Waals surface area contributed by atoms with Crippen LogP contribution in [0.5, 0.6) is 0 Å². The Morgan fingerprint density at radius 3 is 2.85 bits per heavy atom. The summed E-state index contributed by atoms with van der Waals surface area (Å²) in [7, 11) is 4.01. The number of nitrogens with one attached hydrogen (secondary N) is 1. The van der Waals surface area contributed by atoms with E-state index in [1.807, 2.05) is 55.3 Å². The van der Waals surface area contributed by atoms with Crippen LogP contribution in [0.3, 0.4) is 0 Å². The molecule has 0 saturated heterocycles. The van der Waals surface area contributed by atoms with E-state index >= 15 is 0 Å². The molecule has 0 bridgehead atoms. The molecule has 7 nitrogen and oxygen atoms in total. The van der Waals surface area contributed by atoms with Crippen LogP contribution in [-0.4, -0.2) is 43.8 Å². The minimum atomic E-state index is 0.553. The predicted molar refractivity (Wildman–Crippen MR) is 108 cm³/mol. The first-order valence-electron chi connectivity index (χ1n) is 8.82. The largest absolute Gasteiger partial charge is 0.357 e. The maximum absolute atomic E-state index is 6.09. The zero-order valence-corrected chi connectivity index (χ0v) is 16.6. The van der Waals surface area contributed by atoms with Crippen molar-refractivity contribution in [3.05, 3.63) is 65.3 Å². The molecule has 0 unspecified atom stereocenters. The van der Waals surface area contributed by atoms with Gasteiger partial charge in [-0.2, -0.15) is 5.10 Å². The quantitative estimate of drug-likeness (QED) is 0.523. The highest BCUT2D eigenvalue weighted by molar-refractivity contribution is 6.30. The molecule has 3 aromatic heterocycles. The number of guanidine groups is 1. The molecular formula is C19H24ClN7. The van der Waals surface area contributed by atoms with Crippen molar-refractivity contribution < 1.29 is 0 Å². The fraction of sp³-hybridized carbons (Fsp3) is 0.316. The van der Waals surface area contributed by atoms with E-state index in [4.69, 9.17) is 16.6 Å². The van der Waals surface area contributed by atoms with E-state index in [1.165, 1.54) is 0 Å². The zero-order chi connectivity index (χ0) is 19.2. The van der Waals surface area contributed by atoms with Crippen LogP contribution in [0.4, 0.5) is 0 Å². The molecule has 142 valence electrons. The summed E-state index contributed by atoms with van der Waals surface area (Å²) in [6, 6.07) is 7.81.